The fraction of sp³-hybridized carbons (Fsp3) is 0.300. The highest BCUT2D eigenvalue weighted by Crippen LogP contribution is 2.25. The average molecular weight is 210 g/mol. The molecule has 0 spiro atoms. The minimum atomic E-state index is -0.294. The molecule has 1 saturated heterocycles. The lowest BCUT2D eigenvalue weighted by atomic mass is 10.1. The van der Waals surface area contributed by atoms with Crippen molar-refractivity contribution in [2.75, 3.05) is 18.0 Å². The second kappa shape index (κ2) is 3.53. The Labute approximate surface area is 87.5 Å². The molecule has 2 nitrogen and oxygen atoms in total. The number of rotatable bonds is 2. The zero-order chi connectivity index (χ0) is 10.1. The van der Waals surface area contributed by atoms with E-state index in [0.29, 0.717) is 5.56 Å². The summed E-state index contributed by atoms with van der Waals surface area (Å²) in [6.07, 6.45) is 1.17. The van der Waals surface area contributed by atoms with Crippen molar-refractivity contribution in [3.63, 3.8) is 0 Å². The van der Waals surface area contributed by atoms with Crippen LogP contribution in [-0.2, 0) is 0 Å². The van der Waals surface area contributed by atoms with Gasteiger partial charge in [0.2, 0.25) is 0 Å². The molecule has 74 valence electrons. The first-order chi connectivity index (χ1) is 6.68. The fourth-order valence-corrected chi connectivity index (χ4v) is 1.70. The lowest BCUT2D eigenvalue weighted by Crippen LogP contribution is -2.38. The number of hydrogen-bond acceptors (Lipinski definition) is 2. The van der Waals surface area contributed by atoms with Gasteiger partial charge in [-0.05, 0) is 24.6 Å². The SMILES string of the molecule is NC(=S)c1cc(F)ccc1N1CCC1. The molecular formula is C10H11FN2S. The molecule has 2 rings (SSSR count). The van der Waals surface area contributed by atoms with Crippen molar-refractivity contribution in [2.45, 2.75) is 6.42 Å². The van der Waals surface area contributed by atoms with Crippen molar-refractivity contribution in [3.8, 4) is 0 Å². The van der Waals surface area contributed by atoms with Gasteiger partial charge in [-0.15, -0.1) is 0 Å². The smallest absolute Gasteiger partial charge is 0.124 e. The maximum Gasteiger partial charge on any atom is 0.124 e. The molecule has 0 amide bonds. The summed E-state index contributed by atoms with van der Waals surface area (Å²) >= 11 is 4.88. The van der Waals surface area contributed by atoms with Gasteiger partial charge in [-0.2, -0.15) is 0 Å². The third-order valence-corrected chi connectivity index (χ3v) is 2.64. The van der Waals surface area contributed by atoms with Crippen LogP contribution in [0.15, 0.2) is 18.2 Å². The van der Waals surface area contributed by atoms with Gasteiger partial charge in [0.15, 0.2) is 0 Å². The van der Waals surface area contributed by atoms with Gasteiger partial charge in [0.1, 0.15) is 10.8 Å². The number of hydrogen-bond donors (Lipinski definition) is 1. The van der Waals surface area contributed by atoms with Crippen LogP contribution in [0.25, 0.3) is 0 Å². The number of anilines is 1. The van der Waals surface area contributed by atoms with Gasteiger partial charge in [0, 0.05) is 24.3 Å². The van der Waals surface area contributed by atoms with E-state index in [2.05, 4.69) is 4.90 Å². The van der Waals surface area contributed by atoms with Crippen molar-refractivity contribution in [1.29, 1.82) is 0 Å². The Morgan fingerprint density at radius 3 is 2.64 bits per heavy atom. The monoisotopic (exact) mass is 210 g/mol. The predicted octanol–water partition coefficient (Wildman–Crippen LogP) is 1.67. The van der Waals surface area contributed by atoms with Crippen molar-refractivity contribution in [3.05, 3.63) is 29.6 Å². The van der Waals surface area contributed by atoms with Crippen LogP contribution in [0.1, 0.15) is 12.0 Å². The van der Waals surface area contributed by atoms with E-state index in [9.17, 15) is 4.39 Å². The summed E-state index contributed by atoms with van der Waals surface area (Å²) in [5.41, 5.74) is 7.13. The number of nitrogens with zero attached hydrogens (tertiary/aromatic N) is 1. The van der Waals surface area contributed by atoms with Crippen LogP contribution in [-0.4, -0.2) is 18.1 Å². The summed E-state index contributed by atoms with van der Waals surface area (Å²) in [4.78, 5) is 2.40. The molecule has 0 radical (unpaired) electrons. The van der Waals surface area contributed by atoms with Gasteiger partial charge in [0.05, 0.1) is 0 Å². The standard InChI is InChI=1S/C10H11FN2S/c11-7-2-3-9(13-4-1-5-13)8(6-7)10(12)14/h2-3,6H,1,4-5H2,(H2,12,14). The van der Waals surface area contributed by atoms with Crippen LogP contribution in [0.5, 0.6) is 0 Å². The van der Waals surface area contributed by atoms with Gasteiger partial charge in [0.25, 0.3) is 0 Å². The zero-order valence-corrected chi connectivity index (χ0v) is 8.48. The van der Waals surface area contributed by atoms with E-state index in [0.717, 1.165) is 18.8 Å². The Bertz CT molecular complexity index is 374. The molecule has 1 aliphatic heterocycles. The molecule has 0 saturated carbocycles. The summed E-state index contributed by atoms with van der Waals surface area (Å²) in [6.45, 7) is 2.00. The maximum atomic E-state index is 13.0. The summed E-state index contributed by atoms with van der Waals surface area (Å²) in [5, 5.41) is 0. The van der Waals surface area contributed by atoms with Gasteiger partial charge < -0.3 is 10.6 Å². The van der Waals surface area contributed by atoms with Crippen LogP contribution in [0.4, 0.5) is 10.1 Å². The Morgan fingerprint density at radius 2 is 2.14 bits per heavy atom. The molecule has 1 aromatic carbocycles. The second-order valence-corrected chi connectivity index (χ2v) is 3.81. The van der Waals surface area contributed by atoms with Crippen LogP contribution in [0.3, 0.4) is 0 Å². The van der Waals surface area contributed by atoms with Gasteiger partial charge in [-0.25, -0.2) is 4.39 Å². The van der Waals surface area contributed by atoms with E-state index < -0.39 is 0 Å². The molecule has 0 bridgehead atoms. The third-order valence-electron chi connectivity index (χ3n) is 2.42. The predicted molar refractivity (Wildman–Crippen MR) is 59.1 cm³/mol. The lowest BCUT2D eigenvalue weighted by Gasteiger charge is -2.34. The summed E-state index contributed by atoms with van der Waals surface area (Å²) in [5.74, 6) is -0.294. The van der Waals surface area contributed by atoms with E-state index in [-0.39, 0.29) is 10.8 Å². The second-order valence-electron chi connectivity index (χ2n) is 3.37. The molecule has 4 heteroatoms. The molecule has 2 N–H and O–H groups in total. The highest BCUT2D eigenvalue weighted by atomic mass is 32.1. The first kappa shape index (κ1) is 9.40. The van der Waals surface area contributed by atoms with Gasteiger partial charge >= 0.3 is 0 Å². The first-order valence-electron chi connectivity index (χ1n) is 4.53. The Kier molecular flexibility index (Phi) is 2.37. The van der Waals surface area contributed by atoms with Crippen molar-refractivity contribution in [1.82, 2.24) is 0 Å². The Balaban J connectivity index is 2.41. The van der Waals surface area contributed by atoms with E-state index in [1.807, 2.05) is 0 Å². The molecule has 14 heavy (non-hydrogen) atoms. The quantitative estimate of drug-likeness (QED) is 0.753. The van der Waals surface area contributed by atoms with Crippen LogP contribution in [0, 0.1) is 5.82 Å². The summed E-state index contributed by atoms with van der Waals surface area (Å²) in [7, 11) is 0. The molecule has 1 aliphatic rings. The zero-order valence-electron chi connectivity index (χ0n) is 7.66. The van der Waals surface area contributed by atoms with E-state index >= 15 is 0 Å². The summed E-state index contributed by atoms with van der Waals surface area (Å²) in [6, 6.07) is 4.58. The molecule has 0 atom stereocenters. The molecule has 0 unspecified atom stereocenters. The maximum absolute atomic E-state index is 13.0. The molecule has 1 fully saturated rings. The Hall–Kier alpha value is -1.16. The average Bonchev–Trinajstić information content (AvgIpc) is 2.04. The number of benzene rings is 1. The number of nitrogens with two attached hydrogens (primary N) is 1. The van der Waals surface area contributed by atoms with Crippen molar-refractivity contribution < 1.29 is 4.39 Å². The fourth-order valence-electron chi connectivity index (χ4n) is 1.54. The third kappa shape index (κ3) is 1.57. The molecule has 0 aliphatic carbocycles. The van der Waals surface area contributed by atoms with E-state index in [1.54, 1.807) is 6.07 Å². The van der Waals surface area contributed by atoms with Crippen molar-refractivity contribution in [2.24, 2.45) is 5.73 Å². The highest BCUT2D eigenvalue weighted by Gasteiger charge is 2.18. The number of thiocarbonyl (C=S) groups is 1. The molecule has 1 aromatic rings. The molecular weight excluding hydrogens is 199 g/mol. The van der Waals surface area contributed by atoms with E-state index in [1.165, 1.54) is 18.6 Å². The highest BCUT2D eigenvalue weighted by molar-refractivity contribution is 7.80. The van der Waals surface area contributed by atoms with Crippen LogP contribution < -0.4 is 10.6 Å². The minimum absolute atomic E-state index is 0.256. The summed E-state index contributed by atoms with van der Waals surface area (Å²) < 4.78 is 13.0. The van der Waals surface area contributed by atoms with Crippen LogP contribution in [0.2, 0.25) is 0 Å². The largest absolute Gasteiger partial charge is 0.389 e. The van der Waals surface area contributed by atoms with Gasteiger partial charge in [-0.1, -0.05) is 12.2 Å². The minimum Gasteiger partial charge on any atom is -0.389 e. The van der Waals surface area contributed by atoms with Crippen LogP contribution >= 0.6 is 12.2 Å². The first-order valence-corrected chi connectivity index (χ1v) is 4.93. The van der Waals surface area contributed by atoms with E-state index in [4.69, 9.17) is 18.0 Å². The van der Waals surface area contributed by atoms with Crippen molar-refractivity contribution >= 4 is 22.9 Å². The topological polar surface area (TPSA) is 29.3 Å². The normalized spacial score (nSPS) is 15.1. The number of halogens is 1. The molecule has 1 heterocycles. The molecule has 0 aromatic heterocycles. The Morgan fingerprint density at radius 1 is 1.43 bits per heavy atom. The lowest BCUT2D eigenvalue weighted by molar-refractivity contribution is 0.609. The van der Waals surface area contributed by atoms with Gasteiger partial charge in [-0.3, -0.25) is 0 Å².